The van der Waals surface area contributed by atoms with E-state index in [9.17, 15) is 14.7 Å². The lowest BCUT2D eigenvalue weighted by Gasteiger charge is -2.32. The van der Waals surface area contributed by atoms with Crippen molar-refractivity contribution in [3.8, 4) is 0 Å². The molecule has 1 aromatic carbocycles. The summed E-state index contributed by atoms with van der Waals surface area (Å²) in [7, 11) is 1.27. The molecular formula is C27H30Cl2N2O6. The predicted molar refractivity (Wildman–Crippen MR) is 141 cm³/mol. The Morgan fingerprint density at radius 3 is 2.57 bits per heavy atom. The first-order chi connectivity index (χ1) is 17.6. The van der Waals surface area contributed by atoms with Crippen molar-refractivity contribution in [2.24, 2.45) is 10.9 Å². The van der Waals surface area contributed by atoms with E-state index in [0.29, 0.717) is 17.0 Å². The molecule has 3 atom stereocenters. The largest absolute Gasteiger partial charge is 0.468 e. The summed E-state index contributed by atoms with van der Waals surface area (Å²) < 4.78 is 16.2. The van der Waals surface area contributed by atoms with Crippen molar-refractivity contribution in [1.82, 2.24) is 4.98 Å². The molecule has 1 aliphatic rings. The van der Waals surface area contributed by atoms with E-state index >= 15 is 0 Å². The van der Waals surface area contributed by atoms with Crippen LogP contribution in [0.25, 0.3) is 0 Å². The number of methoxy groups -OCH3 is 1. The highest BCUT2D eigenvalue weighted by Crippen LogP contribution is 2.44. The minimum Gasteiger partial charge on any atom is -0.468 e. The van der Waals surface area contributed by atoms with Crippen LogP contribution in [0.5, 0.6) is 0 Å². The van der Waals surface area contributed by atoms with Crippen LogP contribution in [0.2, 0.25) is 10.0 Å². The van der Waals surface area contributed by atoms with Gasteiger partial charge in [0.05, 0.1) is 53.8 Å². The van der Waals surface area contributed by atoms with Gasteiger partial charge in [0.15, 0.2) is 0 Å². The van der Waals surface area contributed by atoms with Crippen molar-refractivity contribution in [1.29, 1.82) is 0 Å². The first-order valence-electron chi connectivity index (χ1n) is 11.8. The lowest BCUT2D eigenvalue weighted by molar-refractivity contribution is -0.144. The smallest absolute Gasteiger partial charge is 0.336 e. The third-order valence-electron chi connectivity index (χ3n) is 5.92. The Hall–Kier alpha value is -2.78. The highest BCUT2D eigenvalue weighted by atomic mass is 35.5. The number of carbonyl (C=O) groups excluding carboxylic acids is 2. The molecule has 0 bridgehead atoms. The van der Waals surface area contributed by atoms with Gasteiger partial charge >= 0.3 is 11.9 Å². The number of esters is 2. The Morgan fingerprint density at radius 1 is 1.16 bits per heavy atom. The van der Waals surface area contributed by atoms with Crippen LogP contribution in [0.4, 0.5) is 0 Å². The standard InChI is InChI=1S/C27H30Cl2N2O6/c1-5-37-26(33)23-20(14-36-15-27(3,34)13-17-9-6-7-12-30-17)31-16(2)21(25(32)35-4)22(23)18-10-8-11-19(28)24(18)29/h6-12,21-22,34H,5,13-15H2,1-4H3. The van der Waals surface area contributed by atoms with Gasteiger partial charge in [0, 0.05) is 29.9 Å². The maximum atomic E-state index is 13.3. The molecule has 0 saturated carbocycles. The number of ether oxygens (including phenoxy) is 3. The van der Waals surface area contributed by atoms with Crippen molar-refractivity contribution in [2.45, 2.75) is 38.7 Å². The summed E-state index contributed by atoms with van der Waals surface area (Å²) in [6.07, 6.45) is 1.92. The van der Waals surface area contributed by atoms with E-state index in [1.807, 2.05) is 12.1 Å². The normalized spacial score (nSPS) is 19.2. The zero-order chi connectivity index (χ0) is 27.2. The van der Waals surface area contributed by atoms with Crippen LogP contribution in [0.15, 0.2) is 58.9 Å². The maximum absolute atomic E-state index is 13.3. The van der Waals surface area contributed by atoms with Crippen molar-refractivity contribution >= 4 is 40.9 Å². The molecule has 8 nitrogen and oxygen atoms in total. The van der Waals surface area contributed by atoms with E-state index in [1.54, 1.807) is 51.2 Å². The van der Waals surface area contributed by atoms with Gasteiger partial charge in [0.2, 0.25) is 0 Å². The lowest BCUT2D eigenvalue weighted by atomic mass is 9.75. The van der Waals surface area contributed by atoms with E-state index in [4.69, 9.17) is 37.4 Å². The third kappa shape index (κ3) is 6.96. The lowest BCUT2D eigenvalue weighted by Crippen LogP contribution is -2.38. The zero-order valence-electron chi connectivity index (χ0n) is 21.2. The van der Waals surface area contributed by atoms with E-state index in [2.05, 4.69) is 9.98 Å². The van der Waals surface area contributed by atoms with Gasteiger partial charge in [0.1, 0.15) is 5.92 Å². The molecule has 2 aromatic rings. The van der Waals surface area contributed by atoms with Crippen LogP contribution in [-0.4, -0.2) is 60.3 Å². The van der Waals surface area contributed by atoms with Crippen molar-refractivity contribution in [3.63, 3.8) is 0 Å². The van der Waals surface area contributed by atoms with Gasteiger partial charge in [-0.15, -0.1) is 0 Å². The van der Waals surface area contributed by atoms with Crippen LogP contribution >= 0.6 is 23.2 Å². The average Bonchev–Trinajstić information content (AvgIpc) is 2.85. The van der Waals surface area contributed by atoms with Gasteiger partial charge in [-0.25, -0.2) is 4.79 Å². The maximum Gasteiger partial charge on any atom is 0.336 e. The van der Waals surface area contributed by atoms with Gasteiger partial charge < -0.3 is 19.3 Å². The Morgan fingerprint density at radius 2 is 1.92 bits per heavy atom. The molecule has 3 rings (SSSR count). The Kier molecular flexibility index (Phi) is 9.84. The Balaban J connectivity index is 2.00. The van der Waals surface area contributed by atoms with E-state index in [0.717, 1.165) is 0 Å². The minimum atomic E-state index is -1.23. The first kappa shape index (κ1) is 28.8. The number of aliphatic hydroxyl groups is 1. The molecule has 37 heavy (non-hydrogen) atoms. The van der Waals surface area contributed by atoms with Gasteiger partial charge in [-0.2, -0.15) is 0 Å². The molecule has 10 heteroatoms. The SMILES string of the molecule is CCOC(=O)C1=C(COCC(C)(O)Cc2ccccn2)N=C(C)C(C(=O)OC)C1c1cccc(Cl)c1Cl. The average molecular weight is 549 g/mol. The van der Waals surface area contributed by atoms with Crippen LogP contribution in [0.1, 0.15) is 37.9 Å². The number of carbonyl (C=O) groups is 2. The fraction of sp³-hybridized carbons (Fsp3) is 0.407. The summed E-state index contributed by atoms with van der Waals surface area (Å²) in [5.41, 5.74) is 0.755. The number of halogens is 2. The summed E-state index contributed by atoms with van der Waals surface area (Å²) in [5.74, 6) is -3.05. The second-order valence-corrected chi connectivity index (χ2v) is 9.73. The van der Waals surface area contributed by atoms with Gasteiger partial charge in [0.25, 0.3) is 0 Å². The first-order valence-corrected chi connectivity index (χ1v) is 12.5. The highest BCUT2D eigenvalue weighted by Gasteiger charge is 2.44. The predicted octanol–water partition coefficient (Wildman–Crippen LogP) is 4.56. The second-order valence-electron chi connectivity index (χ2n) is 8.94. The number of nitrogens with zero attached hydrogens (tertiary/aromatic N) is 2. The fourth-order valence-electron chi connectivity index (χ4n) is 4.33. The van der Waals surface area contributed by atoms with Crippen molar-refractivity contribution in [2.75, 3.05) is 26.9 Å². The molecule has 198 valence electrons. The Labute approximate surface area is 226 Å². The molecular weight excluding hydrogens is 519 g/mol. The van der Waals surface area contributed by atoms with Gasteiger partial charge in [-0.1, -0.05) is 41.4 Å². The number of benzene rings is 1. The van der Waals surface area contributed by atoms with Crippen molar-refractivity contribution < 1.29 is 28.9 Å². The van der Waals surface area contributed by atoms with E-state index in [-0.39, 0.29) is 47.6 Å². The van der Waals surface area contributed by atoms with Crippen LogP contribution < -0.4 is 0 Å². The molecule has 1 aromatic heterocycles. The van der Waals surface area contributed by atoms with E-state index in [1.165, 1.54) is 7.11 Å². The molecule has 3 unspecified atom stereocenters. The molecule has 1 aliphatic heterocycles. The molecule has 0 fully saturated rings. The quantitative estimate of drug-likeness (QED) is 0.433. The molecule has 0 aliphatic carbocycles. The second kappa shape index (κ2) is 12.6. The van der Waals surface area contributed by atoms with Crippen LogP contribution in [-0.2, 0) is 30.2 Å². The zero-order valence-corrected chi connectivity index (χ0v) is 22.7. The summed E-state index contributed by atoms with van der Waals surface area (Å²) in [6, 6.07) is 10.5. The molecule has 2 heterocycles. The van der Waals surface area contributed by atoms with Crippen LogP contribution in [0.3, 0.4) is 0 Å². The monoisotopic (exact) mass is 548 g/mol. The molecule has 0 saturated heterocycles. The third-order valence-corrected chi connectivity index (χ3v) is 6.76. The summed E-state index contributed by atoms with van der Waals surface area (Å²) >= 11 is 12.8. The number of hydrogen-bond donors (Lipinski definition) is 1. The summed E-state index contributed by atoms with van der Waals surface area (Å²) in [4.78, 5) is 34.9. The highest BCUT2D eigenvalue weighted by molar-refractivity contribution is 6.42. The van der Waals surface area contributed by atoms with Crippen LogP contribution in [0, 0.1) is 5.92 Å². The topological polar surface area (TPSA) is 107 Å². The molecule has 0 radical (unpaired) electrons. The van der Waals surface area contributed by atoms with Gasteiger partial charge in [-0.05, 0) is 44.5 Å². The molecule has 1 N–H and O–H groups in total. The Bertz CT molecular complexity index is 1200. The number of pyridine rings is 1. The summed E-state index contributed by atoms with van der Waals surface area (Å²) in [5, 5.41) is 11.3. The molecule has 0 amide bonds. The minimum absolute atomic E-state index is 0.0548. The number of aromatic nitrogens is 1. The van der Waals surface area contributed by atoms with Crippen molar-refractivity contribution in [3.05, 3.63) is 75.2 Å². The molecule has 0 spiro atoms. The number of aliphatic imine (C=N–C) groups is 1. The summed E-state index contributed by atoms with van der Waals surface area (Å²) in [6.45, 7) is 4.93. The van der Waals surface area contributed by atoms with Gasteiger partial charge in [-0.3, -0.25) is 14.8 Å². The number of hydrogen-bond acceptors (Lipinski definition) is 8. The fourth-order valence-corrected chi connectivity index (χ4v) is 4.76. The van der Waals surface area contributed by atoms with E-state index < -0.39 is 29.4 Å². The number of rotatable bonds is 10.